The number of amides is 1. The van der Waals surface area contributed by atoms with Gasteiger partial charge in [0.2, 0.25) is 0 Å². The molecule has 0 saturated carbocycles. The zero-order chi connectivity index (χ0) is 11.1. The van der Waals surface area contributed by atoms with E-state index < -0.39 is 30.5 Å². The molecule has 0 aromatic rings. The van der Waals surface area contributed by atoms with E-state index in [4.69, 9.17) is 15.3 Å². The van der Waals surface area contributed by atoms with Crippen LogP contribution in [0.3, 0.4) is 0 Å². The molecule has 0 bridgehead atoms. The van der Waals surface area contributed by atoms with Crippen molar-refractivity contribution in [3.63, 3.8) is 0 Å². The van der Waals surface area contributed by atoms with Crippen LogP contribution in [-0.4, -0.2) is 52.4 Å². The Morgan fingerprint density at radius 1 is 1.29 bits per heavy atom. The monoisotopic (exact) mass is 205 g/mol. The number of rotatable bonds is 6. The van der Waals surface area contributed by atoms with E-state index in [0.29, 0.717) is 13.0 Å². The molecule has 6 heteroatoms. The Morgan fingerprint density at radius 3 is 2.29 bits per heavy atom. The number of aliphatic hydroxyl groups is 3. The molecule has 2 unspecified atom stereocenters. The predicted octanol–water partition coefficient (Wildman–Crippen LogP) is -2.20. The van der Waals surface area contributed by atoms with Crippen molar-refractivity contribution in [2.45, 2.75) is 25.6 Å². The average Bonchev–Trinajstić information content (AvgIpc) is 2.22. The molecule has 4 N–H and O–H groups in total. The lowest BCUT2D eigenvalue weighted by atomic mass is 10.1. The van der Waals surface area contributed by atoms with Crippen LogP contribution in [0.15, 0.2) is 0 Å². The Kier molecular flexibility index (Phi) is 6.02. The third-order valence-corrected chi connectivity index (χ3v) is 1.60. The second-order valence-corrected chi connectivity index (χ2v) is 2.81. The summed E-state index contributed by atoms with van der Waals surface area (Å²) >= 11 is 0. The number of carbonyl (C=O) groups is 2. The molecule has 82 valence electrons. The molecule has 0 aliphatic carbocycles. The number of hydrogen-bond acceptors (Lipinski definition) is 5. The number of nitrogens with one attached hydrogen (secondary N) is 1. The fourth-order valence-corrected chi connectivity index (χ4v) is 0.766. The molecule has 1 amide bonds. The summed E-state index contributed by atoms with van der Waals surface area (Å²) in [5, 5.41) is 28.8. The molecule has 0 aliphatic rings. The van der Waals surface area contributed by atoms with Crippen molar-refractivity contribution >= 4 is 11.7 Å². The van der Waals surface area contributed by atoms with Crippen LogP contribution in [0.2, 0.25) is 0 Å². The number of carbonyl (C=O) groups excluding carboxylic acids is 2. The Morgan fingerprint density at radius 2 is 1.86 bits per heavy atom. The lowest BCUT2D eigenvalue weighted by molar-refractivity contribution is -0.146. The largest absolute Gasteiger partial charge is 0.388 e. The standard InChI is InChI=1S/C8H15NO5/c1-2-3-9-8(14)7(13)6(12)5(11)4-10/h6-7,10,12-13H,2-4H2,1H3,(H,9,14). The predicted molar refractivity (Wildman–Crippen MR) is 47.4 cm³/mol. The molecule has 0 heterocycles. The minimum atomic E-state index is -1.86. The van der Waals surface area contributed by atoms with E-state index in [1.165, 1.54) is 0 Å². The molecule has 0 spiro atoms. The lowest BCUT2D eigenvalue weighted by Crippen LogP contribution is -2.46. The molecular weight excluding hydrogens is 190 g/mol. The second-order valence-electron chi connectivity index (χ2n) is 2.81. The third kappa shape index (κ3) is 3.82. The van der Waals surface area contributed by atoms with Gasteiger partial charge < -0.3 is 20.6 Å². The van der Waals surface area contributed by atoms with Crippen molar-refractivity contribution in [3.05, 3.63) is 0 Å². The zero-order valence-corrected chi connectivity index (χ0v) is 7.93. The number of Topliss-reactive ketones (excluding diaryl/α,β-unsaturated/α-hetero) is 1. The van der Waals surface area contributed by atoms with E-state index >= 15 is 0 Å². The van der Waals surface area contributed by atoms with E-state index in [9.17, 15) is 9.59 Å². The van der Waals surface area contributed by atoms with Gasteiger partial charge in [-0.2, -0.15) is 0 Å². The van der Waals surface area contributed by atoms with Crippen molar-refractivity contribution in [1.82, 2.24) is 5.32 Å². The Bertz CT molecular complexity index is 206. The molecule has 0 aromatic carbocycles. The minimum Gasteiger partial charge on any atom is -0.388 e. The smallest absolute Gasteiger partial charge is 0.252 e. The summed E-state index contributed by atoms with van der Waals surface area (Å²) in [5.41, 5.74) is 0. The van der Waals surface area contributed by atoms with Crippen LogP contribution in [0, 0.1) is 0 Å². The van der Waals surface area contributed by atoms with Gasteiger partial charge in [0.15, 0.2) is 11.9 Å². The maximum absolute atomic E-state index is 11.0. The molecule has 6 nitrogen and oxygen atoms in total. The van der Waals surface area contributed by atoms with Gasteiger partial charge in [-0.1, -0.05) is 6.92 Å². The van der Waals surface area contributed by atoms with Gasteiger partial charge >= 0.3 is 0 Å². The zero-order valence-electron chi connectivity index (χ0n) is 7.93. The Balaban J connectivity index is 4.10. The summed E-state index contributed by atoms with van der Waals surface area (Å²) in [6.07, 6.45) is -3.00. The SMILES string of the molecule is CCCNC(=O)C(O)C(O)C(=O)CO. The minimum absolute atomic E-state index is 0.357. The van der Waals surface area contributed by atoms with Gasteiger partial charge in [-0.3, -0.25) is 9.59 Å². The van der Waals surface area contributed by atoms with Gasteiger partial charge in [-0.05, 0) is 6.42 Å². The number of hydrogen-bond donors (Lipinski definition) is 4. The molecule has 0 saturated heterocycles. The van der Waals surface area contributed by atoms with E-state index in [1.807, 2.05) is 6.92 Å². The topological polar surface area (TPSA) is 107 Å². The van der Waals surface area contributed by atoms with Crippen molar-refractivity contribution in [2.24, 2.45) is 0 Å². The first-order chi connectivity index (χ1) is 6.54. The molecule has 14 heavy (non-hydrogen) atoms. The summed E-state index contributed by atoms with van der Waals surface area (Å²) in [6, 6.07) is 0. The van der Waals surface area contributed by atoms with Crippen molar-refractivity contribution in [2.75, 3.05) is 13.2 Å². The van der Waals surface area contributed by atoms with Crippen LogP contribution in [0.25, 0.3) is 0 Å². The molecule has 0 fully saturated rings. The van der Waals surface area contributed by atoms with Gasteiger partial charge in [-0.15, -0.1) is 0 Å². The molecular formula is C8H15NO5. The first-order valence-corrected chi connectivity index (χ1v) is 4.32. The van der Waals surface area contributed by atoms with E-state index in [-0.39, 0.29) is 0 Å². The maximum Gasteiger partial charge on any atom is 0.252 e. The maximum atomic E-state index is 11.0. The fraction of sp³-hybridized carbons (Fsp3) is 0.750. The third-order valence-electron chi connectivity index (χ3n) is 1.60. The van der Waals surface area contributed by atoms with Gasteiger partial charge in [0, 0.05) is 6.54 Å². The van der Waals surface area contributed by atoms with Gasteiger partial charge in [0.05, 0.1) is 0 Å². The summed E-state index contributed by atoms with van der Waals surface area (Å²) in [6.45, 7) is 1.27. The summed E-state index contributed by atoms with van der Waals surface area (Å²) < 4.78 is 0. The lowest BCUT2D eigenvalue weighted by Gasteiger charge is -2.15. The van der Waals surface area contributed by atoms with Gasteiger partial charge in [0.25, 0.3) is 5.91 Å². The van der Waals surface area contributed by atoms with Crippen LogP contribution < -0.4 is 5.32 Å². The average molecular weight is 205 g/mol. The fourth-order valence-electron chi connectivity index (χ4n) is 0.766. The van der Waals surface area contributed by atoms with Crippen LogP contribution in [0.5, 0.6) is 0 Å². The first kappa shape index (κ1) is 13.0. The van der Waals surface area contributed by atoms with Crippen molar-refractivity contribution in [1.29, 1.82) is 0 Å². The molecule has 0 aliphatic heterocycles. The molecule has 0 radical (unpaired) electrons. The Hall–Kier alpha value is -0.980. The van der Waals surface area contributed by atoms with E-state index in [1.54, 1.807) is 0 Å². The quantitative estimate of drug-likeness (QED) is 0.393. The summed E-state index contributed by atoms with van der Waals surface area (Å²) in [5.74, 6) is -1.80. The van der Waals surface area contributed by atoms with Crippen molar-refractivity contribution < 1.29 is 24.9 Å². The van der Waals surface area contributed by atoms with Crippen LogP contribution >= 0.6 is 0 Å². The molecule has 2 atom stereocenters. The van der Waals surface area contributed by atoms with Crippen LogP contribution in [0.1, 0.15) is 13.3 Å². The van der Waals surface area contributed by atoms with Gasteiger partial charge in [-0.25, -0.2) is 0 Å². The van der Waals surface area contributed by atoms with Gasteiger partial charge in [0.1, 0.15) is 12.7 Å². The van der Waals surface area contributed by atoms with E-state index in [2.05, 4.69) is 5.32 Å². The highest BCUT2D eigenvalue weighted by Gasteiger charge is 2.28. The first-order valence-electron chi connectivity index (χ1n) is 4.32. The molecule has 0 aromatic heterocycles. The highest BCUT2D eigenvalue weighted by molar-refractivity contribution is 5.92. The highest BCUT2D eigenvalue weighted by atomic mass is 16.3. The molecule has 0 rings (SSSR count). The highest BCUT2D eigenvalue weighted by Crippen LogP contribution is 1.95. The normalized spacial score (nSPS) is 14.6. The Labute approximate surface area is 81.5 Å². The van der Waals surface area contributed by atoms with E-state index in [0.717, 1.165) is 0 Å². The summed E-state index contributed by atoms with van der Waals surface area (Å²) in [7, 11) is 0. The van der Waals surface area contributed by atoms with Crippen LogP contribution in [-0.2, 0) is 9.59 Å². The summed E-state index contributed by atoms with van der Waals surface area (Å²) in [4.78, 5) is 21.7. The van der Waals surface area contributed by atoms with Crippen LogP contribution in [0.4, 0.5) is 0 Å². The number of aliphatic hydroxyl groups excluding tert-OH is 3. The number of ketones is 1. The van der Waals surface area contributed by atoms with Crippen molar-refractivity contribution in [3.8, 4) is 0 Å². The second kappa shape index (κ2) is 6.47.